The molecule has 6 fully saturated rings. The summed E-state index contributed by atoms with van der Waals surface area (Å²) in [5.74, 6) is 0.923. The van der Waals surface area contributed by atoms with Gasteiger partial charge in [0.2, 0.25) is 11.8 Å². The van der Waals surface area contributed by atoms with Crippen LogP contribution in [0.15, 0.2) is 47.7 Å². The number of alkyl halides is 2. The van der Waals surface area contributed by atoms with Crippen LogP contribution in [0.5, 0.6) is 0 Å². The number of carbonyl (C=O) groups is 3. The molecule has 2 aliphatic carbocycles. The number of nitrogens with one attached hydrogen (secondary N) is 2. The summed E-state index contributed by atoms with van der Waals surface area (Å²) in [6.07, 6.45) is 9.30. The van der Waals surface area contributed by atoms with Crippen molar-refractivity contribution in [3.05, 3.63) is 70.2 Å². The van der Waals surface area contributed by atoms with E-state index in [1.54, 1.807) is 33.3 Å². The van der Waals surface area contributed by atoms with Gasteiger partial charge in [0.05, 0.1) is 47.7 Å². The van der Waals surface area contributed by atoms with Crippen molar-refractivity contribution in [3.8, 4) is 0 Å². The standard InChI is InChI=1S/C45H54F2N12O5/c1-53-40-32(3-2-4-35(40)59(45(53)63)36-9-10-38(60)51-44(36)62)28-17-27(18-28)22-55-15-13-54(14-16-55)21-26-5-7-29(8-6-26)58-24-34(39(52-58)41(46)47)49-43(61)33-20-48-57-12-11-37(50-42(33)57)56-23-31-19-30(56)25-64-31/h2-4,11-12,20,24,26-31,36,41H,5-10,13-19,21-23,25H2,1H3,(H,49,61)(H,51,60,62)/t26-,27?,28?,29-,30-,31-,36?/m1/s1. The molecule has 3 amide bonds. The summed E-state index contributed by atoms with van der Waals surface area (Å²) in [5, 5.41) is 13.7. The first kappa shape index (κ1) is 41.2. The Balaban J connectivity index is 0.652. The lowest BCUT2D eigenvalue weighted by Crippen LogP contribution is -2.50. The zero-order valence-corrected chi connectivity index (χ0v) is 36.0. The molecule has 19 heteroatoms. The van der Waals surface area contributed by atoms with E-state index in [1.165, 1.54) is 10.7 Å². The Hall–Kier alpha value is -5.53. The Labute approximate surface area is 367 Å². The third kappa shape index (κ3) is 7.47. The number of para-hydroxylation sites is 1. The molecule has 3 atom stereocenters. The number of imide groups is 1. The van der Waals surface area contributed by atoms with Crippen LogP contribution in [0, 0.1) is 11.8 Å². The number of amides is 3. The molecule has 2 N–H and O–H groups in total. The van der Waals surface area contributed by atoms with Crippen molar-refractivity contribution in [1.82, 2.24) is 48.6 Å². The van der Waals surface area contributed by atoms with Gasteiger partial charge in [0, 0.05) is 71.7 Å². The Morgan fingerprint density at radius 1 is 0.953 bits per heavy atom. The molecule has 64 heavy (non-hydrogen) atoms. The number of imidazole rings is 1. The monoisotopic (exact) mass is 880 g/mol. The van der Waals surface area contributed by atoms with E-state index in [-0.39, 0.29) is 47.5 Å². The summed E-state index contributed by atoms with van der Waals surface area (Å²) in [4.78, 5) is 63.6. The van der Waals surface area contributed by atoms with E-state index in [4.69, 9.17) is 9.72 Å². The van der Waals surface area contributed by atoms with Crippen molar-refractivity contribution < 1.29 is 27.9 Å². The fourth-order valence-electron chi connectivity index (χ4n) is 11.5. The number of carbonyl (C=O) groups excluding carboxylic acids is 3. The molecule has 4 saturated heterocycles. The molecule has 17 nitrogen and oxygen atoms in total. The highest BCUT2D eigenvalue weighted by molar-refractivity contribution is 6.08. The number of hydrogen-bond acceptors (Lipinski definition) is 11. The van der Waals surface area contributed by atoms with Gasteiger partial charge in [-0.1, -0.05) is 12.1 Å². The van der Waals surface area contributed by atoms with Gasteiger partial charge in [-0.2, -0.15) is 10.2 Å². The lowest BCUT2D eigenvalue weighted by atomic mass is 9.71. The number of nitrogens with zero attached hydrogens (tertiary/aromatic N) is 10. The summed E-state index contributed by atoms with van der Waals surface area (Å²) in [5.41, 5.74) is 2.69. The number of halogens is 2. The van der Waals surface area contributed by atoms with Gasteiger partial charge in [-0.3, -0.25) is 33.5 Å². The Kier molecular flexibility index (Phi) is 10.6. The van der Waals surface area contributed by atoms with Gasteiger partial charge in [0.1, 0.15) is 17.4 Å². The molecular formula is C45H54F2N12O5. The van der Waals surface area contributed by atoms with Crippen LogP contribution in [0.4, 0.5) is 20.3 Å². The van der Waals surface area contributed by atoms with E-state index < -0.39 is 30.0 Å². The molecular weight excluding hydrogens is 827 g/mol. The molecule has 4 aliphatic heterocycles. The molecule has 2 bridgehead atoms. The van der Waals surface area contributed by atoms with Crippen molar-refractivity contribution in [1.29, 1.82) is 0 Å². The molecule has 4 aromatic heterocycles. The molecule has 0 radical (unpaired) electrons. The average Bonchev–Trinajstić information content (AvgIpc) is 4.13. The molecule has 6 aliphatic rings. The zero-order valence-electron chi connectivity index (χ0n) is 36.0. The predicted molar refractivity (Wildman–Crippen MR) is 232 cm³/mol. The van der Waals surface area contributed by atoms with Crippen LogP contribution in [0.1, 0.15) is 104 Å². The third-order valence-electron chi connectivity index (χ3n) is 15.0. The van der Waals surface area contributed by atoms with Crippen LogP contribution in [-0.4, -0.2) is 126 Å². The molecule has 1 aromatic carbocycles. The minimum atomic E-state index is -2.85. The lowest BCUT2D eigenvalue weighted by Gasteiger charge is -2.42. The first-order valence-corrected chi connectivity index (χ1v) is 22.9. The predicted octanol–water partition coefficient (Wildman–Crippen LogP) is 4.27. The van der Waals surface area contributed by atoms with E-state index >= 15 is 0 Å². The van der Waals surface area contributed by atoms with Crippen LogP contribution in [0.25, 0.3) is 16.7 Å². The van der Waals surface area contributed by atoms with Crippen LogP contribution < -0.4 is 21.2 Å². The molecule has 2 saturated carbocycles. The number of ether oxygens (including phenoxy) is 1. The summed E-state index contributed by atoms with van der Waals surface area (Å²) in [7, 11) is 1.77. The maximum atomic E-state index is 14.3. The Morgan fingerprint density at radius 2 is 1.72 bits per heavy atom. The third-order valence-corrected chi connectivity index (χ3v) is 15.0. The summed E-state index contributed by atoms with van der Waals surface area (Å²) in [6, 6.07) is 7.40. The first-order chi connectivity index (χ1) is 31.0. The van der Waals surface area contributed by atoms with Crippen LogP contribution in [0.3, 0.4) is 0 Å². The van der Waals surface area contributed by atoms with Crippen LogP contribution in [0.2, 0.25) is 0 Å². The summed E-state index contributed by atoms with van der Waals surface area (Å²) < 4.78 is 40.8. The number of piperazine rings is 1. The minimum absolute atomic E-state index is 0.00737. The number of piperidine rings is 1. The van der Waals surface area contributed by atoms with Crippen molar-refractivity contribution in [2.24, 2.45) is 18.9 Å². The largest absolute Gasteiger partial charge is 0.374 e. The zero-order chi connectivity index (χ0) is 43.8. The smallest absolute Gasteiger partial charge is 0.329 e. The number of aromatic nitrogens is 7. The number of morpholine rings is 1. The number of benzene rings is 1. The Bertz CT molecular complexity index is 2670. The van der Waals surface area contributed by atoms with E-state index in [0.29, 0.717) is 36.4 Å². The molecule has 8 heterocycles. The highest BCUT2D eigenvalue weighted by Gasteiger charge is 2.40. The number of aryl methyl sites for hydroxylation is 1. The normalized spacial score (nSPS) is 27.8. The fourth-order valence-corrected chi connectivity index (χ4v) is 11.5. The van der Waals surface area contributed by atoms with Gasteiger partial charge in [0.25, 0.3) is 12.3 Å². The van der Waals surface area contributed by atoms with Gasteiger partial charge in [-0.25, -0.2) is 23.1 Å². The topological polar surface area (TPSA) is 169 Å². The van der Waals surface area contributed by atoms with Gasteiger partial charge in [-0.05, 0) is 86.8 Å². The molecule has 5 aromatic rings. The van der Waals surface area contributed by atoms with Crippen molar-refractivity contribution >= 4 is 45.9 Å². The maximum absolute atomic E-state index is 14.3. The number of rotatable bonds is 11. The molecule has 0 spiro atoms. The molecule has 11 rings (SSSR count). The second-order valence-electron chi connectivity index (χ2n) is 19.0. The lowest BCUT2D eigenvalue weighted by molar-refractivity contribution is -0.135. The second-order valence-corrected chi connectivity index (χ2v) is 19.0. The summed E-state index contributed by atoms with van der Waals surface area (Å²) >= 11 is 0. The van der Waals surface area contributed by atoms with E-state index in [0.717, 1.165) is 113 Å². The summed E-state index contributed by atoms with van der Waals surface area (Å²) in [6.45, 7) is 7.55. The second kappa shape index (κ2) is 16.5. The quantitative estimate of drug-likeness (QED) is 0.182. The van der Waals surface area contributed by atoms with Gasteiger partial charge >= 0.3 is 5.69 Å². The van der Waals surface area contributed by atoms with Gasteiger partial charge in [-0.15, -0.1) is 0 Å². The van der Waals surface area contributed by atoms with E-state index in [1.807, 2.05) is 18.2 Å². The first-order valence-electron chi connectivity index (χ1n) is 22.9. The average molecular weight is 881 g/mol. The van der Waals surface area contributed by atoms with Gasteiger partial charge in [0.15, 0.2) is 11.3 Å². The number of hydrogen-bond donors (Lipinski definition) is 2. The maximum Gasteiger partial charge on any atom is 0.329 e. The van der Waals surface area contributed by atoms with Crippen LogP contribution >= 0.6 is 0 Å². The van der Waals surface area contributed by atoms with Crippen molar-refractivity contribution in [2.45, 2.75) is 94.4 Å². The SMILES string of the molecule is Cn1c(=O)n(C2CCC(=O)NC2=O)c2cccc(C3CC(CN4CCN(C[C@H]5CC[C@H](n6cc(NC(=O)c7cnn8ccc(N9C[C@H]%10C[C@@H]9CO%10)nc78)c(C(F)F)n6)CC5)CC4)C3)c21. The van der Waals surface area contributed by atoms with Crippen molar-refractivity contribution in [3.63, 3.8) is 0 Å². The van der Waals surface area contributed by atoms with E-state index in [9.17, 15) is 28.0 Å². The number of fused-ring (bicyclic) bond motifs is 4. The molecule has 1 unspecified atom stereocenters. The molecule has 338 valence electrons. The Morgan fingerprint density at radius 3 is 2.42 bits per heavy atom. The van der Waals surface area contributed by atoms with Gasteiger partial charge < -0.3 is 24.8 Å². The highest BCUT2D eigenvalue weighted by Crippen LogP contribution is 2.45. The van der Waals surface area contributed by atoms with E-state index in [2.05, 4.69) is 41.6 Å². The fraction of sp³-hybridized carbons (Fsp3) is 0.578. The minimum Gasteiger partial charge on any atom is -0.374 e. The van der Waals surface area contributed by atoms with Crippen molar-refractivity contribution in [2.75, 3.05) is 62.6 Å². The highest BCUT2D eigenvalue weighted by atomic mass is 19.3. The number of anilines is 2. The van der Waals surface area contributed by atoms with Crippen LogP contribution in [-0.2, 0) is 21.4 Å².